The molecule has 8 heteroatoms. The molecule has 1 aliphatic rings. The van der Waals surface area contributed by atoms with Gasteiger partial charge in [-0.2, -0.15) is 10.2 Å². The van der Waals surface area contributed by atoms with E-state index in [4.69, 9.17) is 8.83 Å². The Labute approximate surface area is 182 Å². The predicted octanol–water partition coefficient (Wildman–Crippen LogP) is 4.50. The lowest BCUT2D eigenvalue weighted by Gasteiger charge is -2.34. The molecule has 0 aliphatic carbocycles. The largest absolute Gasteiger partial charge is 0.459 e. The van der Waals surface area contributed by atoms with E-state index in [1.54, 1.807) is 12.1 Å². The number of nitriles is 1. The van der Waals surface area contributed by atoms with Crippen LogP contribution >= 0.6 is 11.3 Å². The Bertz CT molecular complexity index is 1230. The number of thiophene rings is 1. The van der Waals surface area contributed by atoms with Crippen molar-refractivity contribution in [1.29, 1.82) is 5.26 Å². The Morgan fingerprint density at radius 3 is 2.58 bits per heavy atom. The summed E-state index contributed by atoms with van der Waals surface area (Å²) in [6.45, 7) is 2.18. The van der Waals surface area contributed by atoms with Crippen LogP contribution in [0.2, 0.25) is 0 Å². The first-order valence-electron chi connectivity index (χ1n) is 9.86. The Kier molecular flexibility index (Phi) is 5.02. The molecule has 7 nitrogen and oxygen atoms in total. The van der Waals surface area contributed by atoms with Gasteiger partial charge in [-0.1, -0.05) is 30.3 Å². The van der Waals surface area contributed by atoms with Crippen LogP contribution in [-0.2, 0) is 0 Å². The molecule has 154 valence electrons. The molecule has 0 spiro atoms. The summed E-state index contributed by atoms with van der Waals surface area (Å²) >= 11 is 1.46. The van der Waals surface area contributed by atoms with Crippen molar-refractivity contribution in [2.45, 2.75) is 0 Å². The van der Waals surface area contributed by atoms with Gasteiger partial charge in [-0.3, -0.25) is 4.79 Å². The average Bonchev–Trinajstić information content (AvgIpc) is 3.59. The first-order chi connectivity index (χ1) is 15.2. The molecule has 1 aromatic carbocycles. The molecular formula is C23H18N4O3S. The second-order valence-electron chi connectivity index (χ2n) is 7.07. The van der Waals surface area contributed by atoms with Crippen molar-refractivity contribution in [1.82, 2.24) is 9.88 Å². The fourth-order valence-electron chi connectivity index (χ4n) is 3.68. The molecule has 5 rings (SSSR count). The second-order valence-corrected chi connectivity index (χ2v) is 7.99. The molecule has 31 heavy (non-hydrogen) atoms. The van der Waals surface area contributed by atoms with Crippen LogP contribution in [0.5, 0.6) is 0 Å². The molecule has 0 bridgehead atoms. The molecule has 4 heterocycles. The van der Waals surface area contributed by atoms with Gasteiger partial charge in [-0.25, -0.2) is 0 Å². The van der Waals surface area contributed by atoms with Gasteiger partial charge >= 0.3 is 0 Å². The van der Waals surface area contributed by atoms with Crippen LogP contribution in [-0.4, -0.2) is 42.0 Å². The summed E-state index contributed by atoms with van der Waals surface area (Å²) in [7, 11) is 0. The maximum atomic E-state index is 13.2. The minimum Gasteiger partial charge on any atom is -0.459 e. The topological polar surface area (TPSA) is 86.5 Å². The number of nitrogens with zero attached hydrogens (tertiary/aromatic N) is 4. The standard InChI is InChI=1S/C23H18N4O3S/c24-15-18-23(30-21(25-18)19-7-4-13-29-19)27-11-9-26(10-12-27)22(28)20-17(8-14-31-20)16-5-2-1-3-6-16/h1-8,13-14H,9-12H2. The molecule has 0 unspecified atom stereocenters. The van der Waals surface area contributed by atoms with Gasteiger partial charge in [0, 0.05) is 31.7 Å². The lowest BCUT2D eigenvalue weighted by molar-refractivity contribution is 0.0751. The molecule has 3 aromatic heterocycles. The van der Waals surface area contributed by atoms with Crippen LogP contribution in [0.3, 0.4) is 0 Å². The van der Waals surface area contributed by atoms with Gasteiger partial charge in [-0.05, 0) is 29.1 Å². The molecule has 0 atom stereocenters. The molecule has 0 saturated carbocycles. The number of piperazine rings is 1. The van der Waals surface area contributed by atoms with E-state index in [1.165, 1.54) is 17.6 Å². The number of aromatic nitrogens is 1. The number of amides is 1. The molecule has 4 aromatic rings. The van der Waals surface area contributed by atoms with Crippen molar-refractivity contribution in [2.24, 2.45) is 0 Å². The first kappa shape index (κ1) is 19.2. The molecule has 0 radical (unpaired) electrons. The van der Waals surface area contributed by atoms with Gasteiger partial charge in [0.05, 0.1) is 11.1 Å². The summed E-state index contributed by atoms with van der Waals surface area (Å²) in [6.07, 6.45) is 1.53. The summed E-state index contributed by atoms with van der Waals surface area (Å²) in [5, 5.41) is 11.4. The van der Waals surface area contributed by atoms with Crippen LogP contribution in [0.4, 0.5) is 5.88 Å². The third-order valence-corrected chi connectivity index (χ3v) is 6.15. The van der Waals surface area contributed by atoms with E-state index >= 15 is 0 Å². The molecule has 1 fully saturated rings. The third kappa shape index (κ3) is 3.60. The lowest BCUT2D eigenvalue weighted by atomic mass is 10.1. The second kappa shape index (κ2) is 8.13. The van der Waals surface area contributed by atoms with Crippen LogP contribution in [0.25, 0.3) is 22.8 Å². The number of furan rings is 1. The first-order valence-corrected chi connectivity index (χ1v) is 10.7. The number of rotatable bonds is 4. The van der Waals surface area contributed by atoms with E-state index in [0.29, 0.717) is 37.8 Å². The quantitative estimate of drug-likeness (QED) is 0.474. The highest BCUT2D eigenvalue weighted by Crippen LogP contribution is 2.31. The van der Waals surface area contributed by atoms with E-state index in [9.17, 15) is 10.1 Å². The Morgan fingerprint density at radius 1 is 1.06 bits per heavy atom. The highest BCUT2D eigenvalue weighted by atomic mass is 32.1. The smallest absolute Gasteiger partial charge is 0.266 e. The zero-order chi connectivity index (χ0) is 21.2. The number of oxazole rings is 1. The van der Waals surface area contributed by atoms with Crippen molar-refractivity contribution in [3.05, 3.63) is 70.7 Å². The maximum Gasteiger partial charge on any atom is 0.266 e. The minimum absolute atomic E-state index is 0.0304. The van der Waals surface area contributed by atoms with Crippen molar-refractivity contribution in [2.75, 3.05) is 31.1 Å². The van der Waals surface area contributed by atoms with E-state index in [0.717, 1.165) is 16.0 Å². The Hall–Kier alpha value is -3.83. The number of anilines is 1. The summed E-state index contributed by atoms with van der Waals surface area (Å²) in [5.41, 5.74) is 2.22. The molecule has 1 aliphatic heterocycles. The molecule has 1 saturated heterocycles. The highest BCUT2D eigenvalue weighted by molar-refractivity contribution is 7.12. The Balaban J connectivity index is 1.31. The fraction of sp³-hybridized carbons (Fsp3) is 0.174. The number of hydrogen-bond donors (Lipinski definition) is 0. The van der Waals surface area contributed by atoms with Crippen LogP contribution < -0.4 is 4.90 Å². The summed E-state index contributed by atoms with van der Waals surface area (Å²) in [4.78, 5) is 22.0. The van der Waals surface area contributed by atoms with Crippen LogP contribution in [0.1, 0.15) is 15.4 Å². The fourth-order valence-corrected chi connectivity index (χ4v) is 4.56. The maximum absolute atomic E-state index is 13.2. The third-order valence-electron chi connectivity index (χ3n) is 5.25. The van der Waals surface area contributed by atoms with Crippen molar-refractivity contribution in [3.8, 4) is 28.8 Å². The van der Waals surface area contributed by atoms with E-state index in [-0.39, 0.29) is 17.5 Å². The van der Waals surface area contributed by atoms with E-state index < -0.39 is 0 Å². The molecule has 0 N–H and O–H groups in total. The number of benzene rings is 1. The average molecular weight is 430 g/mol. The normalized spacial score (nSPS) is 13.9. The van der Waals surface area contributed by atoms with Crippen molar-refractivity contribution in [3.63, 3.8) is 0 Å². The molecule has 1 amide bonds. The minimum atomic E-state index is 0.0304. The van der Waals surface area contributed by atoms with Crippen LogP contribution in [0.15, 0.2) is 69.0 Å². The predicted molar refractivity (Wildman–Crippen MR) is 117 cm³/mol. The van der Waals surface area contributed by atoms with Gasteiger partial charge in [0.1, 0.15) is 6.07 Å². The molecular weight excluding hydrogens is 412 g/mol. The van der Waals surface area contributed by atoms with Gasteiger partial charge in [-0.15, -0.1) is 11.3 Å². The highest BCUT2D eigenvalue weighted by Gasteiger charge is 2.29. The number of hydrogen-bond acceptors (Lipinski definition) is 7. The summed E-state index contributed by atoms with van der Waals surface area (Å²) < 4.78 is 11.2. The van der Waals surface area contributed by atoms with Gasteiger partial charge in [0.2, 0.25) is 11.6 Å². The van der Waals surface area contributed by atoms with Gasteiger partial charge in [0.15, 0.2) is 5.76 Å². The van der Waals surface area contributed by atoms with Crippen molar-refractivity contribution >= 4 is 23.1 Å². The number of carbonyl (C=O) groups excluding carboxylic acids is 1. The lowest BCUT2D eigenvalue weighted by Crippen LogP contribution is -2.48. The summed E-state index contributed by atoms with van der Waals surface area (Å²) in [6, 6.07) is 17.5. The van der Waals surface area contributed by atoms with Crippen molar-refractivity contribution < 1.29 is 13.6 Å². The SMILES string of the molecule is N#Cc1nc(-c2ccco2)oc1N1CCN(C(=O)c2sccc2-c2ccccc2)CC1. The zero-order valence-electron chi connectivity index (χ0n) is 16.5. The zero-order valence-corrected chi connectivity index (χ0v) is 17.3. The monoisotopic (exact) mass is 430 g/mol. The summed E-state index contributed by atoms with van der Waals surface area (Å²) in [5.74, 6) is 1.20. The number of carbonyl (C=O) groups is 1. The van der Waals surface area contributed by atoms with Gasteiger partial charge in [0.25, 0.3) is 11.8 Å². The van der Waals surface area contributed by atoms with Gasteiger partial charge < -0.3 is 18.6 Å². The van der Waals surface area contributed by atoms with E-state index in [1.807, 2.05) is 51.6 Å². The van der Waals surface area contributed by atoms with E-state index in [2.05, 4.69) is 11.1 Å². The van der Waals surface area contributed by atoms with Crippen LogP contribution in [0, 0.1) is 11.3 Å². The Morgan fingerprint density at radius 2 is 1.87 bits per heavy atom.